The highest BCUT2D eigenvalue weighted by Crippen LogP contribution is 2.12. The summed E-state index contributed by atoms with van der Waals surface area (Å²) in [5, 5.41) is 6.32. The van der Waals surface area contributed by atoms with E-state index in [0.29, 0.717) is 11.5 Å². The molecule has 2 N–H and O–H groups in total. The van der Waals surface area contributed by atoms with Gasteiger partial charge in [0.2, 0.25) is 5.91 Å². The fourth-order valence-corrected chi connectivity index (χ4v) is 2.57. The molecule has 1 fully saturated rings. The van der Waals surface area contributed by atoms with Gasteiger partial charge in [-0.3, -0.25) is 9.59 Å². The van der Waals surface area contributed by atoms with Gasteiger partial charge in [0.1, 0.15) is 0 Å². The van der Waals surface area contributed by atoms with E-state index in [-0.39, 0.29) is 43.0 Å². The molecule has 0 radical (unpaired) electrons. The van der Waals surface area contributed by atoms with Gasteiger partial charge in [0, 0.05) is 31.0 Å². The number of aryl methyl sites for hydroxylation is 1. The number of carbonyl (C=O) groups excluding carboxylic acids is 2. The van der Waals surface area contributed by atoms with Crippen LogP contribution in [-0.2, 0) is 4.79 Å². The first kappa shape index (κ1) is 18.7. The molecule has 0 saturated carbocycles. The van der Waals surface area contributed by atoms with E-state index >= 15 is 0 Å². The quantitative estimate of drug-likeness (QED) is 0.818. The first-order valence-electron chi connectivity index (χ1n) is 7.66. The van der Waals surface area contributed by atoms with Gasteiger partial charge in [-0.15, -0.1) is 12.4 Å². The van der Waals surface area contributed by atoms with Crippen molar-refractivity contribution in [3.63, 3.8) is 0 Å². The summed E-state index contributed by atoms with van der Waals surface area (Å²) in [7, 11) is 0. The summed E-state index contributed by atoms with van der Waals surface area (Å²) in [5.74, 6) is 0.485. The maximum absolute atomic E-state index is 12.0. The fourth-order valence-electron chi connectivity index (χ4n) is 2.57. The molecular weight excluding hydrogens is 300 g/mol. The monoisotopic (exact) mass is 324 g/mol. The lowest BCUT2D eigenvalue weighted by Crippen LogP contribution is -2.50. The molecule has 5 heteroatoms. The second-order valence-corrected chi connectivity index (χ2v) is 5.93. The molecule has 0 bridgehead atoms. The number of ketones is 1. The zero-order valence-corrected chi connectivity index (χ0v) is 14.0. The van der Waals surface area contributed by atoms with Crippen LogP contribution in [-0.4, -0.2) is 30.8 Å². The average Bonchev–Trinajstić information content (AvgIpc) is 2.48. The molecule has 1 aromatic carbocycles. The highest BCUT2D eigenvalue weighted by Gasteiger charge is 2.22. The Morgan fingerprint density at radius 3 is 2.55 bits per heavy atom. The van der Waals surface area contributed by atoms with Crippen LogP contribution in [0.2, 0.25) is 0 Å². The third-order valence-corrected chi connectivity index (χ3v) is 4.13. The Morgan fingerprint density at radius 2 is 1.91 bits per heavy atom. The van der Waals surface area contributed by atoms with Crippen molar-refractivity contribution in [2.75, 3.05) is 13.1 Å². The van der Waals surface area contributed by atoms with Gasteiger partial charge in [0.15, 0.2) is 5.78 Å². The van der Waals surface area contributed by atoms with E-state index in [2.05, 4.69) is 17.6 Å². The maximum atomic E-state index is 12.0. The van der Waals surface area contributed by atoms with Gasteiger partial charge in [-0.1, -0.05) is 36.8 Å². The third kappa shape index (κ3) is 5.43. The smallest absolute Gasteiger partial charge is 0.220 e. The van der Waals surface area contributed by atoms with Crippen LogP contribution in [0.15, 0.2) is 24.3 Å². The van der Waals surface area contributed by atoms with E-state index in [9.17, 15) is 9.59 Å². The molecule has 1 amide bonds. The number of Topliss-reactive ketones (excluding diaryl/α,β-unsaturated/α-hetero) is 1. The largest absolute Gasteiger partial charge is 0.352 e. The van der Waals surface area contributed by atoms with Gasteiger partial charge in [-0.05, 0) is 25.8 Å². The topological polar surface area (TPSA) is 58.2 Å². The van der Waals surface area contributed by atoms with Crippen molar-refractivity contribution in [1.82, 2.24) is 10.6 Å². The van der Waals surface area contributed by atoms with Gasteiger partial charge in [0.25, 0.3) is 0 Å². The number of carbonyl (C=O) groups is 2. The van der Waals surface area contributed by atoms with Gasteiger partial charge < -0.3 is 10.6 Å². The number of halogens is 1. The molecule has 1 saturated heterocycles. The van der Waals surface area contributed by atoms with Crippen molar-refractivity contribution in [2.24, 2.45) is 5.92 Å². The van der Waals surface area contributed by atoms with E-state index in [4.69, 9.17) is 0 Å². The Kier molecular flexibility index (Phi) is 7.56. The van der Waals surface area contributed by atoms with Crippen LogP contribution in [0.3, 0.4) is 0 Å². The Labute approximate surface area is 138 Å². The zero-order chi connectivity index (χ0) is 15.2. The summed E-state index contributed by atoms with van der Waals surface area (Å²) in [6.07, 6.45) is 1.60. The van der Waals surface area contributed by atoms with Crippen molar-refractivity contribution < 1.29 is 9.59 Å². The zero-order valence-electron chi connectivity index (χ0n) is 13.2. The van der Waals surface area contributed by atoms with E-state index < -0.39 is 0 Å². The van der Waals surface area contributed by atoms with E-state index in [1.54, 1.807) is 0 Å². The SMILES string of the molecule is Cc1ccc(C(=O)CCC(=O)NC2CNCCC2C)cc1.Cl. The Bertz CT molecular complexity index is 502. The molecule has 0 aliphatic carbocycles. The normalized spacial score (nSPS) is 20.8. The van der Waals surface area contributed by atoms with Crippen LogP contribution in [0, 0.1) is 12.8 Å². The van der Waals surface area contributed by atoms with Gasteiger partial charge in [-0.2, -0.15) is 0 Å². The number of benzene rings is 1. The summed E-state index contributed by atoms with van der Waals surface area (Å²) in [6, 6.07) is 7.66. The average molecular weight is 325 g/mol. The summed E-state index contributed by atoms with van der Waals surface area (Å²) in [6.45, 7) is 5.97. The first-order chi connectivity index (χ1) is 10.1. The van der Waals surface area contributed by atoms with Crippen LogP contribution in [0.25, 0.3) is 0 Å². The molecule has 0 aromatic heterocycles. The van der Waals surface area contributed by atoms with Crippen molar-refractivity contribution >= 4 is 24.1 Å². The molecule has 4 nitrogen and oxygen atoms in total. The minimum atomic E-state index is -0.0315. The lowest BCUT2D eigenvalue weighted by atomic mass is 9.94. The van der Waals surface area contributed by atoms with E-state index in [1.807, 2.05) is 31.2 Å². The molecule has 0 spiro atoms. The second kappa shape index (κ2) is 8.91. The summed E-state index contributed by atoms with van der Waals surface area (Å²) in [5.41, 5.74) is 1.81. The second-order valence-electron chi connectivity index (χ2n) is 5.93. The van der Waals surface area contributed by atoms with Crippen molar-refractivity contribution in [3.8, 4) is 0 Å². The molecule has 122 valence electrons. The summed E-state index contributed by atoms with van der Waals surface area (Å²) in [4.78, 5) is 24.0. The number of nitrogens with one attached hydrogen (secondary N) is 2. The molecule has 1 heterocycles. The number of amides is 1. The fraction of sp³-hybridized carbons (Fsp3) is 0.529. The first-order valence-corrected chi connectivity index (χ1v) is 7.66. The van der Waals surface area contributed by atoms with Crippen LogP contribution in [0.5, 0.6) is 0 Å². The Morgan fingerprint density at radius 1 is 1.23 bits per heavy atom. The Balaban J connectivity index is 0.00000242. The van der Waals surface area contributed by atoms with Crippen LogP contribution < -0.4 is 10.6 Å². The predicted molar refractivity (Wildman–Crippen MR) is 90.6 cm³/mol. The van der Waals surface area contributed by atoms with Gasteiger partial charge in [-0.25, -0.2) is 0 Å². The predicted octanol–water partition coefficient (Wildman–Crippen LogP) is 2.49. The molecule has 1 aliphatic rings. The summed E-state index contributed by atoms with van der Waals surface area (Å²) >= 11 is 0. The van der Waals surface area contributed by atoms with E-state index in [0.717, 1.165) is 25.1 Å². The van der Waals surface area contributed by atoms with Crippen LogP contribution >= 0.6 is 12.4 Å². The third-order valence-electron chi connectivity index (χ3n) is 4.13. The van der Waals surface area contributed by atoms with Gasteiger partial charge in [0.05, 0.1) is 0 Å². The minimum absolute atomic E-state index is 0. The highest BCUT2D eigenvalue weighted by molar-refractivity contribution is 5.98. The molecular formula is C17H25ClN2O2. The standard InChI is InChI=1S/C17H24N2O2.ClH/c1-12-3-5-14(6-4-12)16(20)7-8-17(21)19-15-11-18-10-9-13(15)2;/h3-6,13,15,18H,7-11H2,1-2H3,(H,19,21);1H. The molecule has 2 unspecified atom stereocenters. The molecule has 2 atom stereocenters. The maximum Gasteiger partial charge on any atom is 0.220 e. The van der Waals surface area contributed by atoms with Crippen LogP contribution in [0.4, 0.5) is 0 Å². The Hall–Kier alpha value is -1.39. The van der Waals surface area contributed by atoms with Crippen molar-refractivity contribution in [2.45, 2.75) is 39.2 Å². The molecule has 1 aromatic rings. The number of hydrogen-bond acceptors (Lipinski definition) is 3. The number of piperidine rings is 1. The molecule has 1 aliphatic heterocycles. The minimum Gasteiger partial charge on any atom is -0.352 e. The van der Waals surface area contributed by atoms with E-state index in [1.165, 1.54) is 0 Å². The number of rotatable bonds is 5. The lowest BCUT2D eigenvalue weighted by Gasteiger charge is -2.30. The van der Waals surface area contributed by atoms with Gasteiger partial charge >= 0.3 is 0 Å². The summed E-state index contributed by atoms with van der Waals surface area (Å²) < 4.78 is 0. The van der Waals surface area contributed by atoms with Crippen molar-refractivity contribution in [3.05, 3.63) is 35.4 Å². The molecule has 2 rings (SSSR count). The lowest BCUT2D eigenvalue weighted by molar-refractivity contribution is -0.122. The van der Waals surface area contributed by atoms with Crippen molar-refractivity contribution in [1.29, 1.82) is 0 Å². The highest BCUT2D eigenvalue weighted by atomic mass is 35.5. The van der Waals surface area contributed by atoms with Crippen LogP contribution in [0.1, 0.15) is 42.1 Å². The molecule has 22 heavy (non-hydrogen) atoms. The number of hydrogen-bond donors (Lipinski definition) is 2.